The summed E-state index contributed by atoms with van der Waals surface area (Å²) >= 11 is 4.79. The Morgan fingerprint density at radius 1 is 1.50 bits per heavy atom. The van der Waals surface area contributed by atoms with Crippen molar-refractivity contribution in [1.29, 1.82) is 0 Å². The van der Waals surface area contributed by atoms with E-state index in [-0.39, 0.29) is 11.8 Å². The van der Waals surface area contributed by atoms with Crippen LogP contribution < -0.4 is 11.5 Å². The lowest BCUT2D eigenvalue weighted by Gasteiger charge is -2.22. The first-order chi connectivity index (χ1) is 6.47. The minimum atomic E-state index is -0.265. The summed E-state index contributed by atoms with van der Waals surface area (Å²) in [5, 5.41) is 0. The molecule has 0 spiro atoms. The summed E-state index contributed by atoms with van der Waals surface area (Å²) < 4.78 is 0. The van der Waals surface area contributed by atoms with Gasteiger partial charge >= 0.3 is 0 Å². The van der Waals surface area contributed by atoms with E-state index in [0.29, 0.717) is 18.0 Å². The van der Waals surface area contributed by atoms with Crippen LogP contribution in [0.1, 0.15) is 20.3 Å². The van der Waals surface area contributed by atoms with Crippen molar-refractivity contribution in [2.24, 2.45) is 17.4 Å². The van der Waals surface area contributed by atoms with Crippen LogP contribution in [0.5, 0.6) is 0 Å². The van der Waals surface area contributed by atoms with Crippen LogP contribution in [0.25, 0.3) is 0 Å². The van der Waals surface area contributed by atoms with Gasteiger partial charge in [-0.15, -0.1) is 0 Å². The van der Waals surface area contributed by atoms with Gasteiger partial charge in [0.15, 0.2) is 0 Å². The van der Waals surface area contributed by atoms with E-state index in [0.717, 1.165) is 13.1 Å². The number of amides is 1. The van der Waals surface area contributed by atoms with E-state index in [4.69, 9.17) is 23.7 Å². The molecule has 0 aliphatic carbocycles. The highest BCUT2D eigenvalue weighted by atomic mass is 32.1. The topological polar surface area (TPSA) is 72.3 Å². The summed E-state index contributed by atoms with van der Waals surface area (Å²) in [7, 11) is 0. The quantitative estimate of drug-likeness (QED) is 0.594. The van der Waals surface area contributed by atoms with Crippen molar-refractivity contribution in [3.63, 3.8) is 0 Å². The fourth-order valence-corrected chi connectivity index (χ4v) is 1.22. The van der Waals surface area contributed by atoms with E-state index in [9.17, 15) is 4.79 Å². The van der Waals surface area contributed by atoms with Crippen LogP contribution in [0.3, 0.4) is 0 Å². The molecule has 0 aromatic heterocycles. The largest absolute Gasteiger partial charge is 0.393 e. The van der Waals surface area contributed by atoms with E-state index in [1.165, 1.54) is 0 Å². The van der Waals surface area contributed by atoms with Crippen molar-refractivity contribution < 1.29 is 4.79 Å². The molecule has 1 unspecified atom stereocenters. The summed E-state index contributed by atoms with van der Waals surface area (Å²) in [6.45, 7) is 6.21. The molecule has 0 rings (SSSR count). The first kappa shape index (κ1) is 13.3. The molecule has 5 heteroatoms. The SMILES string of the molecule is CCN(CCC(N)=S)CC(C)C(N)=O. The average molecular weight is 217 g/mol. The molecule has 0 radical (unpaired) electrons. The molecule has 0 aromatic carbocycles. The molecular weight excluding hydrogens is 198 g/mol. The zero-order valence-electron chi connectivity index (χ0n) is 8.82. The zero-order valence-corrected chi connectivity index (χ0v) is 9.64. The number of carbonyl (C=O) groups is 1. The van der Waals surface area contributed by atoms with E-state index >= 15 is 0 Å². The Morgan fingerprint density at radius 2 is 2.07 bits per heavy atom. The van der Waals surface area contributed by atoms with Gasteiger partial charge in [-0.25, -0.2) is 0 Å². The van der Waals surface area contributed by atoms with E-state index < -0.39 is 0 Å². The molecular formula is C9H19N3OS. The van der Waals surface area contributed by atoms with Crippen LogP contribution in [0.2, 0.25) is 0 Å². The van der Waals surface area contributed by atoms with Crippen molar-refractivity contribution in [2.75, 3.05) is 19.6 Å². The number of thiocarbonyl (C=S) groups is 1. The molecule has 0 aliphatic heterocycles. The molecule has 4 nitrogen and oxygen atoms in total. The Bertz CT molecular complexity index is 208. The third kappa shape index (κ3) is 5.88. The van der Waals surface area contributed by atoms with E-state index in [1.807, 2.05) is 13.8 Å². The van der Waals surface area contributed by atoms with Crippen molar-refractivity contribution >= 4 is 23.1 Å². The molecule has 0 aliphatic rings. The van der Waals surface area contributed by atoms with Crippen molar-refractivity contribution in [3.8, 4) is 0 Å². The maximum atomic E-state index is 10.8. The van der Waals surface area contributed by atoms with Crippen LogP contribution in [0.4, 0.5) is 0 Å². The average Bonchev–Trinajstić information content (AvgIpc) is 2.11. The van der Waals surface area contributed by atoms with Gasteiger partial charge in [-0.2, -0.15) is 0 Å². The molecule has 0 heterocycles. The lowest BCUT2D eigenvalue weighted by molar-refractivity contribution is -0.121. The van der Waals surface area contributed by atoms with Crippen LogP contribution in [0.15, 0.2) is 0 Å². The molecule has 0 fully saturated rings. The van der Waals surface area contributed by atoms with Crippen LogP contribution in [-0.4, -0.2) is 35.4 Å². The highest BCUT2D eigenvalue weighted by Gasteiger charge is 2.12. The Balaban J connectivity index is 3.90. The lowest BCUT2D eigenvalue weighted by atomic mass is 10.1. The summed E-state index contributed by atoms with van der Waals surface area (Å²) in [5.74, 6) is -0.389. The van der Waals surface area contributed by atoms with E-state index in [2.05, 4.69) is 4.90 Å². The maximum absolute atomic E-state index is 10.8. The molecule has 0 bridgehead atoms. The van der Waals surface area contributed by atoms with Crippen molar-refractivity contribution in [3.05, 3.63) is 0 Å². The molecule has 0 saturated heterocycles. The second-order valence-electron chi connectivity index (χ2n) is 3.41. The predicted octanol–water partition coefficient (Wildman–Crippen LogP) is 0.106. The fourth-order valence-electron chi connectivity index (χ4n) is 1.12. The Morgan fingerprint density at radius 3 is 2.43 bits per heavy atom. The minimum Gasteiger partial charge on any atom is -0.393 e. The van der Waals surface area contributed by atoms with Crippen LogP contribution >= 0.6 is 12.2 Å². The lowest BCUT2D eigenvalue weighted by Crippen LogP contribution is -2.36. The highest BCUT2D eigenvalue weighted by molar-refractivity contribution is 7.80. The number of hydrogen-bond donors (Lipinski definition) is 2. The monoisotopic (exact) mass is 217 g/mol. The number of primary amides is 1. The van der Waals surface area contributed by atoms with Crippen LogP contribution in [-0.2, 0) is 4.79 Å². The van der Waals surface area contributed by atoms with E-state index in [1.54, 1.807) is 0 Å². The van der Waals surface area contributed by atoms with Gasteiger partial charge in [0.1, 0.15) is 0 Å². The van der Waals surface area contributed by atoms with Gasteiger partial charge in [0, 0.05) is 25.4 Å². The number of nitrogens with zero attached hydrogens (tertiary/aromatic N) is 1. The maximum Gasteiger partial charge on any atom is 0.221 e. The first-order valence-corrected chi connectivity index (χ1v) is 5.18. The van der Waals surface area contributed by atoms with Crippen molar-refractivity contribution in [2.45, 2.75) is 20.3 Å². The normalized spacial score (nSPS) is 12.8. The molecule has 0 aromatic rings. The highest BCUT2D eigenvalue weighted by Crippen LogP contribution is 2.00. The smallest absolute Gasteiger partial charge is 0.221 e. The summed E-state index contributed by atoms with van der Waals surface area (Å²) in [5.41, 5.74) is 10.6. The molecule has 1 atom stereocenters. The third-order valence-electron chi connectivity index (χ3n) is 2.14. The van der Waals surface area contributed by atoms with Gasteiger partial charge in [-0.05, 0) is 6.54 Å². The van der Waals surface area contributed by atoms with Gasteiger partial charge in [-0.3, -0.25) is 4.79 Å². The predicted molar refractivity (Wildman–Crippen MR) is 61.9 cm³/mol. The van der Waals surface area contributed by atoms with Gasteiger partial charge in [0.05, 0.1) is 4.99 Å². The standard InChI is InChI=1S/C9H19N3OS/c1-3-12(5-4-8(10)14)6-7(2)9(11)13/h7H,3-6H2,1-2H3,(H2,10,14)(H2,11,13). The summed E-state index contributed by atoms with van der Waals surface area (Å²) in [6, 6.07) is 0. The fraction of sp³-hybridized carbons (Fsp3) is 0.778. The van der Waals surface area contributed by atoms with Gasteiger partial charge in [0.2, 0.25) is 5.91 Å². The number of nitrogens with two attached hydrogens (primary N) is 2. The number of carbonyl (C=O) groups excluding carboxylic acids is 1. The minimum absolute atomic E-state index is 0.124. The van der Waals surface area contributed by atoms with Crippen molar-refractivity contribution in [1.82, 2.24) is 4.90 Å². The van der Waals surface area contributed by atoms with Gasteiger partial charge in [-0.1, -0.05) is 26.1 Å². The molecule has 0 saturated carbocycles. The Hall–Kier alpha value is -0.680. The Kier molecular flexibility index (Phi) is 6.40. The summed E-state index contributed by atoms with van der Waals surface area (Å²) in [4.78, 5) is 13.5. The zero-order chi connectivity index (χ0) is 11.1. The van der Waals surface area contributed by atoms with Gasteiger partial charge < -0.3 is 16.4 Å². The summed E-state index contributed by atoms with van der Waals surface area (Å²) in [6.07, 6.45) is 0.689. The van der Waals surface area contributed by atoms with Crippen LogP contribution in [0, 0.1) is 5.92 Å². The second-order valence-corrected chi connectivity index (χ2v) is 3.94. The number of rotatable bonds is 7. The van der Waals surface area contributed by atoms with Gasteiger partial charge in [0.25, 0.3) is 0 Å². The second kappa shape index (κ2) is 6.73. The molecule has 1 amide bonds. The first-order valence-electron chi connectivity index (χ1n) is 4.77. The molecule has 14 heavy (non-hydrogen) atoms. The number of hydrogen-bond acceptors (Lipinski definition) is 3. The Labute approximate surface area is 90.6 Å². The molecule has 4 N–H and O–H groups in total. The molecule has 82 valence electrons. The third-order valence-corrected chi connectivity index (χ3v) is 2.34.